The van der Waals surface area contributed by atoms with Crippen LogP contribution in [0.15, 0.2) is 41.5 Å². The lowest BCUT2D eigenvalue weighted by molar-refractivity contribution is -0.119. The van der Waals surface area contributed by atoms with Gasteiger partial charge in [-0.2, -0.15) is 5.10 Å². The van der Waals surface area contributed by atoms with Crippen LogP contribution in [-0.4, -0.2) is 49.5 Å². The summed E-state index contributed by atoms with van der Waals surface area (Å²) < 4.78 is 18.6. The number of nitrogens with one attached hydrogen (secondary N) is 3. The van der Waals surface area contributed by atoms with E-state index in [2.05, 4.69) is 21.0 Å². The van der Waals surface area contributed by atoms with Gasteiger partial charge >= 0.3 is 0 Å². The van der Waals surface area contributed by atoms with Gasteiger partial charge in [0.05, 0.1) is 44.9 Å². The molecular weight excluding hydrogens is 514 g/mol. The van der Waals surface area contributed by atoms with Crippen molar-refractivity contribution in [3.05, 3.63) is 58.0 Å². The molecule has 11 heteroatoms. The third-order valence-corrected chi connectivity index (χ3v) is 6.80. The van der Waals surface area contributed by atoms with Crippen molar-refractivity contribution in [1.82, 2.24) is 15.1 Å². The average Bonchev–Trinajstić information content (AvgIpc) is 3.19. The van der Waals surface area contributed by atoms with Crippen LogP contribution in [0.4, 0.5) is 11.4 Å². The van der Waals surface area contributed by atoms with Crippen LogP contribution in [-0.2, 0) is 23.1 Å². The number of hydrogen-bond acceptors (Lipinski definition) is 8. The van der Waals surface area contributed by atoms with Crippen molar-refractivity contribution < 1.29 is 23.8 Å². The molecule has 40 heavy (non-hydrogen) atoms. The molecule has 4 rings (SSSR count). The first-order valence-electron chi connectivity index (χ1n) is 13.1. The highest BCUT2D eigenvalue weighted by molar-refractivity contribution is 5.90. The summed E-state index contributed by atoms with van der Waals surface area (Å²) in [5.41, 5.74) is 3.99. The van der Waals surface area contributed by atoms with Crippen molar-refractivity contribution >= 4 is 23.2 Å². The SMILES string of the molecule is COc1cc2c(c(OC)c1OC)-c1ccc(NCCCC(=O)Nc3cnn(C)c3)c(=O)cc1[C@@H](NC(C)=O)CC2. The number of carbonyl (C=O) groups is 2. The second-order valence-electron chi connectivity index (χ2n) is 9.58. The Morgan fingerprint density at radius 1 is 1.10 bits per heavy atom. The van der Waals surface area contributed by atoms with Crippen LogP contribution in [0.3, 0.4) is 0 Å². The summed E-state index contributed by atoms with van der Waals surface area (Å²) in [6.07, 6.45) is 5.31. The lowest BCUT2D eigenvalue weighted by Crippen LogP contribution is -2.26. The third-order valence-electron chi connectivity index (χ3n) is 6.80. The van der Waals surface area contributed by atoms with Gasteiger partial charge in [-0.25, -0.2) is 0 Å². The first kappa shape index (κ1) is 28.5. The van der Waals surface area contributed by atoms with Crippen LogP contribution in [0.2, 0.25) is 0 Å². The van der Waals surface area contributed by atoms with Crippen LogP contribution in [0.1, 0.15) is 43.4 Å². The predicted molar refractivity (Wildman–Crippen MR) is 152 cm³/mol. The molecule has 0 unspecified atom stereocenters. The maximum absolute atomic E-state index is 13.4. The summed E-state index contributed by atoms with van der Waals surface area (Å²) in [6, 6.07) is 6.69. The largest absolute Gasteiger partial charge is 0.493 e. The summed E-state index contributed by atoms with van der Waals surface area (Å²) in [7, 11) is 6.45. The molecule has 0 radical (unpaired) electrons. The Hall–Kier alpha value is -4.54. The number of benzene rings is 1. The monoisotopic (exact) mass is 549 g/mol. The van der Waals surface area contributed by atoms with Crippen molar-refractivity contribution in [3.8, 4) is 28.4 Å². The van der Waals surface area contributed by atoms with Gasteiger partial charge in [-0.05, 0) is 54.2 Å². The quantitative estimate of drug-likeness (QED) is 0.328. The normalized spacial score (nSPS) is 13.8. The molecule has 3 N–H and O–H groups in total. The van der Waals surface area contributed by atoms with Gasteiger partial charge in [0, 0.05) is 38.7 Å². The van der Waals surface area contributed by atoms with E-state index in [1.54, 1.807) is 57.6 Å². The van der Waals surface area contributed by atoms with E-state index < -0.39 is 0 Å². The zero-order chi connectivity index (χ0) is 28.8. The number of rotatable bonds is 10. The second-order valence-corrected chi connectivity index (χ2v) is 9.58. The van der Waals surface area contributed by atoms with E-state index >= 15 is 0 Å². The lowest BCUT2D eigenvalue weighted by Gasteiger charge is -2.19. The third kappa shape index (κ3) is 6.19. The van der Waals surface area contributed by atoms with Crippen LogP contribution in [0.25, 0.3) is 11.1 Å². The smallest absolute Gasteiger partial charge is 0.224 e. The highest BCUT2D eigenvalue weighted by atomic mass is 16.5. The fourth-order valence-electron chi connectivity index (χ4n) is 5.04. The maximum atomic E-state index is 13.4. The molecule has 3 aromatic rings. The van der Waals surface area contributed by atoms with E-state index in [9.17, 15) is 14.4 Å². The Labute approximate surface area is 232 Å². The van der Waals surface area contributed by atoms with Crippen LogP contribution in [0, 0.1) is 0 Å². The molecule has 11 nitrogen and oxygen atoms in total. The maximum Gasteiger partial charge on any atom is 0.224 e. The molecule has 0 aliphatic heterocycles. The van der Waals surface area contributed by atoms with E-state index in [1.807, 2.05) is 12.1 Å². The minimum Gasteiger partial charge on any atom is -0.493 e. The number of anilines is 2. The molecule has 0 bridgehead atoms. The van der Waals surface area contributed by atoms with Gasteiger partial charge in [-0.15, -0.1) is 0 Å². The number of aromatic nitrogens is 2. The zero-order valence-corrected chi connectivity index (χ0v) is 23.4. The van der Waals surface area contributed by atoms with Crippen molar-refractivity contribution in [2.45, 2.75) is 38.6 Å². The van der Waals surface area contributed by atoms with Crippen molar-refractivity contribution in [1.29, 1.82) is 0 Å². The Kier molecular flexibility index (Phi) is 8.93. The lowest BCUT2D eigenvalue weighted by atomic mass is 9.95. The molecule has 1 aromatic heterocycles. The first-order valence-corrected chi connectivity index (χ1v) is 13.1. The van der Waals surface area contributed by atoms with Crippen LogP contribution < -0.4 is 35.6 Å². The molecule has 0 fully saturated rings. The number of fused-ring (bicyclic) bond motifs is 3. The Bertz CT molecular complexity index is 1470. The van der Waals surface area contributed by atoms with Gasteiger partial charge in [0.25, 0.3) is 0 Å². The van der Waals surface area contributed by atoms with Gasteiger partial charge in [0.15, 0.2) is 11.5 Å². The number of aryl methyl sites for hydroxylation is 2. The molecular formula is C29H35N5O6. The summed E-state index contributed by atoms with van der Waals surface area (Å²) in [6.45, 7) is 1.88. The van der Waals surface area contributed by atoms with E-state index in [0.717, 1.165) is 16.7 Å². The highest BCUT2D eigenvalue weighted by Crippen LogP contribution is 2.50. The summed E-state index contributed by atoms with van der Waals surface area (Å²) in [5, 5.41) is 13.0. The van der Waals surface area contributed by atoms with E-state index in [4.69, 9.17) is 14.2 Å². The molecule has 2 aromatic carbocycles. The fraction of sp³-hybridized carbons (Fsp3) is 0.379. The number of methoxy groups -OCH3 is 3. The number of hydrogen-bond donors (Lipinski definition) is 3. The molecule has 2 amide bonds. The van der Waals surface area contributed by atoms with Gasteiger partial charge in [-0.1, -0.05) is 6.07 Å². The predicted octanol–water partition coefficient (Wildman–Crippen LogP) is 3.43. The standard InChI is InChI=1S/C29H35N5O6/c1-17(35)32-22-10-8-18-13-25(38-3)28(39-4)29(40-5)27(18)20-9-11-23(24(36)14-21(20)22)30-12-6-7-26(37)33-19-15-31-34(2)16-19/h9,11,13-16,22H,6-8,10,12H2,1-5H3,(H,30,36)(H,32,35)(H,33,37)/t22-/m0/s1. The van der Waals surface area contributed by atoms with E-state index in [1.165, 1.54) is 6.92 Å². The van der Waals surface area contributed by atoms with Gasteiger partial charge in [0.2, 0.25) is 23.0 Å². The molecule has 1 heterocycles. The summed E-state index contributed by atoms with van der Waals surface area (Å²) >= 11 is 0. The second kappa shape index (κ2) is 12.5. The van der Waals surface area contributed by atoms with Crippen LogP contribution >= 0.6 is 0 Å². The minimum absolute atomic E-state index is 0.131. The number of carbonyl (C=O) groups excluding carboxylic acids is 2. The summed E-state index contributed by atoms with van der Waals surface area (Å²) in [4.78, 5) is 37.7. The average molecular weight is 550 g/mol. The number of amides is 2. The summed E-state index contributed by atoms with van der Waals surface area (Å²) in [5.74, 6) is 1.16. The van der Waals surface area contributed by atoms with Crippen molar-refractivity contribution in [3.63, 3.8) is 0 Å². The van der Waals surface area contributed by atoms with Gasteiger partial charge in [0.1, 0.15) is 0 Å². The molecule has 0 saturated carbocycles. The van der Waals surface area contributed by atoms with Crippen molar-refractivity contribution in [2.24, 2.45) is 7.05 Å². The number of nitrogens with zero attached hydrogens (tertiary/aromatic N) is 2. The first-order chi connectivity index (χ1) is 19.2. The fourth-order valence-corrected chi connectivity index (χ4v) is 5.04. The molecule has 1 atom stereocenters. The Balaban J connectivity index is 1.65. The van der Waals surface area contributed by atoms with Crippen molar-refractivity contribution in [2.75, 3.05) is 38.5 Å². The van der Waals surface area contributed by atoms with Crippen LogP contribution in [0.5, 0.6) is 17.2 Å². The topological polar surface area (TPSA) is 133 Å². The van der Waals surface area contributed by atoms with Gasteiger partial charge < -0.3 is 30.2 Å². The molecule has 0 spiro atoms. The Morgan fingerprint density at radius 3 is 2.52 bits per heavy atom. The Morgan fingerprint density at radius 2 is 1.88 bits per heavy atom. The minimum atomic E-state index is -0.384. The molecule has 1 aliphatic carbocycles. The molecule has 0 saturated heterocycles. The zero-order valence-electron chi connectivity index (χ0n) is 23.4. The molecule has 212 valence electrons. The van der Waals surface area contributed by atoms with Gasteiger partial charge in [-0.3, -0.25) is 19.1 Å². The van der Waals surface area contributed by atoms with E-state index in [-0.39, 0.29) is 29.7 Å². The van der Waals surface area contributed by atoms with E-state index in [0.29, 0.717) is 60.0 Å². The highest BCUT2D eigenvalue weighted by Gasteiger charge is 2.29. The molecule has 1 aliphatic rings. The number of ether oxygens (including phenoxy) is 3.